The van der Waals surface area contributed by atoms with Crippen LogP contribution in [0.3, 0.4) is 0 Å². The first kappa shape index (κ1) is 25.4. The van der Waals surface area contributed by atoms with E-state index in [4.69, 9.17) is 0 Å². The van der Waals surface area contributed by atoms with Crippen LogP contribution in [0.4, 0.5) is 11.4 Å². The quantitative estimate of drug-likeness (QED) is 0.362. The van der Waals surface area contributed by atoms with Gasteiger partial charge in [-0.25, -0.2) is 0 Å². The van der Waals surface area contributed by atoms with Crippen LogP contribution in [-0.2, 0) is 25.7 Å². The smallest absolute Gasteiger partial charge is 0.0989 e. The van der Waals surface area contributed by atoms with Crippen molar-refractivity contribution < 1.29 is 0 Å². The van der Waals surface area contributed by atoms with Gasteiger partial charge in [-0.2, -0.15) is 0 Å². The molecule has 0 N–H and O–H groups in total. The molecule has 33 heavy (non-hydrogen) atoms. The van der Waals surface area contributed by atoms with Crippen molar-refractivity contribution >= 4 is 11.4 Å². The van der Waals surface area contributed by atoms with Crippen LogP contribution in [0.5, 0.6) is 0 Å². The Bertz CT molecular complexity index is 804. The third kappa shape index (κ3) is 6.65. The first-order valence-corrected chi connectivity index (χ1v) is 13.1. The van der Waals surface area contributed by atoms with E-state index in [9.17, 15) is 0 Å². The number of para-hydroxylation sites is 2. The van der Waals surface area contributed by atoms with Gasteiger partial charge in [0.15, 0.2) is 0 Å². The largest absolute Gasteiger partial charge is 0.328 e. The molecule has 0 atom stereocenters. The minimum atomic E-state index is 0.644. The molecule has 1 aliphatic rings. The van der Waals surface area contributed by atoms with Gasteiger partial charge in [0, 0.05) is 23.8 Å². The van der Waals surface area contributed by atoms with Gasteiger partial charge in [0.05, 0.1) is 6.67 Å². The average molecular weight is 447 g/mol. The number of anilines is 2. The predicted molar refractivity (Wildman–Crippen MR) is 146 cm³/mol. The lowest BCUT2D eigenvalue weighted by atomic mass is 9.93. The molecule has 0 bridgehead atoms. The van der Waals surface area contributed by atoms with Gasteiger partial charge in [0.25, 0.3) is 0 Å². The molecule has 0 aliphatic carbocycles. The summed E-state index contributed by atoms with van der Waals surface area (Å²) >= 11 is 0. The lowest BCUT2D eigenvalue weighted by Crippen LogP contribution is -2.28. The van der Waals surface area contributed by atoms with Crippen LogP contribution in [0.25, 0.3) is 0 Å². The fraction of sp³-hybridized carbons (Fsp3) is 0.548. The second kappa shape index (κ2) is 11.3. The van der Waals surface area contributed by atoms with E-state index >= 15 is 0 Å². The first-order chi connectivity index (χ1) is 15.7. The van der Waals surface area contributed by atoms with E-state index in [1.165, 1.54) is 33.6 Å². The van der Waals surface area contributed by atoms with E-state index in [0.29, 0.717) is 23.7 Å². The lowest BCUT2D eigenvalue weighted by Gasteiger charge is -2.29. The topological polar surface area (TPSA) is 6.48 Å². The second-order valence-corrected chi connectivity index (χ2v) is 11.6. The van der Waals surface area contributed by atoms with Crippen LogP contribution >= 0.6 is 0 Å². The Balaban J connectivity index is 1.99. The summed E-state index contributed by atoms with van der Waals surface area (Å²) in [6, 6.07) is 13.9. The van der Waals surface area contributed by atoms with Gasteiger partial charge in [-0.1, -0.05) is 91.8 Å². The summed E-state index contributed by atoms with van der Waals surface area (Å²) in [5.41, 5.74) is 8.79. The van der Waals surface area contributed by atoms with Gasteiger partial charge in [-0.3, -0.25) is 0 Å². The Kier molecular flexibility index (Phi) is 8.68. The van der Waals surface area contributed by atoms with Crippen LogP contribution in [0.15, 0.2) is 48.8 Å². The SMILES string of the molecule is CC(C)Cc1cccc(CC(C)C)c1N1C=CN(c2c(CC(C)C)cccc2CC(C)C)C1. The fourth-order valence-electron chi connectivity index (χ4n) is 5.15. The summed E-state index contributed by atoms with van der Waals surface area (Å²) in [5.74, 6) is 2.57. The normalized spacial score (nSPS) is 14.1. The number of benzene rings is 2. The summed E-state index contributed by atoms with van der Waals surface area (Å²) in [4.78, 5) is 5.00. The number of hydrogen-bond acceptors (Lipinski definition) is 2. The van der Waals surface area contributed by atoms with Crippen molar-refractivity contribution in [2.45, 2.75) is 81.1 Å². The average Bonchev–Trinajstić information content (AvgIpc) is 3.15. The third-order valence-corrected chi connectivity index (χ3v) is 6.22. The summed E-state index contributed by atoms with van der Waals surface area (Å²) in [6.07, 6.45) is 9.10. The lowest BCUT2D eigenvalue weighted by molar-refractivity contribution is 0.633. The highest BCUT2D eigenvalue weighted by Gasteiger charge is 2.24. The maximum absolute atomic E-state index is 2.50. The Morgan fingerprint density at radius 1 is 0.515 bits per heavy atom. The van der Waals surface area contributed by atoms with Crippen molar-refractivity contribution in [1.29, 1.82) is 0 Å². The van der Waals surface area contributed by atoms with Crippen molar-refractivity contribution in [2.75, 3.05) is 16.5 Å². The third-order valence-electron chi connectivity index (χ3n) is 6.22. The molecule has 0 fully saturated rings. The van der Waals surface area contributed by atoms with Crippen molar-refractivity contribution in [3.05, 3.63) is 71.1 Å². The number of rotatable bonds is 10. The van der Waals surface area contributed by atoms with Crippen LogP contribution in [0.2, 0.25) is 0 Å². The molecule has 0 saturated carbocycles. The van der Waals surface area contributed by atoms with Crippen LogP contribution in [0, 0.1) is 23.7 Å². The monoisotopic (exact) mass is 446 g/mol. The fourth-order valence-corrected chi connectivity index (χ4v) is 5.15. The summed E-state index contributed by atoms with van der Waals surface area (Å²) in [6.45, 7) is 19.5. The molecule has 0 radical (unpaired) electrons. The van der Waals surface area contributed by atoms with E-state index in [1.807, 2.05) is 0 Å². The Morgan fingerprint density at radius 2 is 0.788 bits per heavy atom. The maximum Gasteiger partial charge on any atom is 0.0989 e. The van der Waals surface area contributed by atoms with Crippen molar-refractivity contribution in [1.82, 2.24) is 0 Å². The van der Waals surface area contributed by atoms with Gasteiger partial charge in [-0.15, -0.1) is 0 Å². The summed E-state index contributed by atoms with van der Waals surface area (Å²) in [7, 11) is 0. The number of hydrogen-bond donors (Lipinski definition) is 0. The van der Waals surface area contributed by atoms with Crippen molar-refractivity contribution in [2.24, 2.45) is 23.7 Å². The maximum atomic E-state index is 2.50. The van der Waals surface area contributed by atoms with Crippen LogP contribution in [-0.4, -0.2) is 6.67 Å². The molecule has 0 spiro atoms. The predicted octanol–water partition coefficient (Wildman–Crippen LogP) is 8.24. The zero-order chi connectivity index (χ0) is 24.1. The van der Waals surface area contributed by atoms with Gasteiger partial charge < -0.3 is 9.80 Å². The number of nitrogens with zero attached hydrogens (tertiary/aromatic N) is 2. The Morgan fingerprint density at radius 3 is 1.03 bits per heavy atom. The van der Waals surface area contributed by atoms with Crippen molar-refractivity contribution in [3.8, 4) is 0 Å². The van der Waals surface area contributed by atoms with Gasteiger partial charge in [0.1, 0.15) is 0 Å². The summed E-state index contributed by atoms with van der Waals surface area (Å²) < 4.78 is 0. The minimum absolute atomic E-state index is 0.644. The molecule has 1 heterocycles. The van der Waals surface area contributed by atoms with Crippen LogP contribution in [0.1, 0.15) is 77.6 Å². The molecule has 0 aromatic heterocycles. The highest BCUT2D eigenvalue weighted by Crippen LogP contribution is 2.36. The Labute approximate surface area is 203 Å². The summed E-state index contributed by atoms with van der Waals surface area (Å²) in [5, 5.41) is 0. The van der Waals surface area contributed by atoms with E-state index in [-0.39, 0.29) is 0 Å². The molecular formula is C31H46N2. The van der Waals surface area contributed by atoms with E-state index in [2.05, 4.69) is 114 Å². The van der Waals surface area contributed by atoms with Gasteiger partial charge >= 0.3 is 0 Å². The molecule has 2 nitrogen and oxygen atoms in total. The molecule has 3 rings (SSSR count). The van der Waals surface area contributed by atoms with E-state index in [0.717, 1.165) is 32.4 Å². The second-order valence-electron chi connectivity index (χ2n) is 11.6. The molecule has 2 aromatic carbocycles. The molecule has 2 heteroatoms. The van der Waals surface area contributed by atoms with Gasteiger partial charge in [-0.05, 0) is 71.6 Å². The molecule has 2 aromatic rings. The molecule has 0 saturated heterocycles. The molecule has 1 aliphatic heterocycles. The zero-order valence-electron chi connectivity index (χ0n) is 22.4. The molecule has 180 valence electrons. The van der Waals surface area contributed by atoms with Crippen molar-refractivity contribution in [3.63, 3.8) is 0 Å². The standard InChI is InChI=1S/C31H46N2/c1-22(2)17-26-11-9-12-27(18-23(3)4)30(26)32-15-16-33(21-32)31-28(19-24(5)6)13-10-14-29(31)20-25(7)8/h9-16,22-25H,17-21H2,1-8H3. The highest BCUT2D eigenvalue weighted by atomic mass is 15.3. The van der Waals surface area contributed by atoms with Crippen LogP contribution < -0.4 is 9.80 Å². The minimum Gasteiger partial charge on any atom is -0.328 e. The zero-order valence-corrected chi connectivity index (χ0v) is 22.4. The van der Waals surface area contributed by atoms with Gasteiger partial charge in [0.2, 0.25) is 0 Å². The molecule has 0 amide bonds. The van der Waals surface area contributed by atoms with E-state index < -0.39 is 0 Å². The Hall–Kier alpha value is -2.22. The van der Waals surface area contributed by atoms with E-state index in [1.54, 1.807) is 0 Å². The molecule has 0 unspecified atom stereocenters. The first-order valence-electron chi connectivity index (χ1n) is 13.1. The molecular weight excluding hydrogens is 400 g/mol. The highest BCUT2D eigenvalue weighted by molar-refractivity contribution is 5.69.